The molecule has 0 aliphatic carbocycles. The number of sulfonamides is 1. The van der Waals surface area contributed by atoms with E-state index in [2.05, 4.69) is 0 Å². The van der Waals surface area contributed by atoms with Gasteiger partial charge < -0.3 is 4.74 Å². The number of esters is 1. The summed E-state index contributed by atoms with van der Waals surface area (Å²) in [6.07, 6.45) is 1.56. The van der Waals surface area contributed by atoms with Gasteiger partial charge in [0.1, 0.15) is 0 Å². The maximum atomic E-state index is 12.7. The summed E-state index contributed by atoms with van der Waals surface area (Å²) in [7, 11) is -3.63. The number of rotatable bonds is 7. The van der Waals surface area contributed by atoms with Crippen molar-refractivity contribution in [1.29, 1.82) is 0 Å². The molecular weight excluding hydrogens is 390 g/mol. The van der Waals surface area contributed by atoms with E-state index >= 15 is 0 Å². The molecule has 1 saturated heterocycles. The second-order valence-corrected chi connectivity index (χ2v) is 9.04. The fraction of sp³-hybridized carbons (Fsp3) is 0.364. The molecule has 1 fully saturated rings. The largest absolute Gasteiger partial charge is 0.451 e. The van der Waals surface area contributed by atoms with E-state index in [4.69, 9.17) is 4.74 Å². The lowest BCUT2D eigenvalue weighted by Crippen LogP contribution is -2.28. The Balaban J connectivity index is 1.72. The average molecular weight is 416 g/mol. The highest BCUT2D eigenvalue weighted by molar-refractivity contribution is 7.89. The number of Topliss-reactive ketones (excluding diaryl/α,β-unsaturated/α-hetero) is 1. The molecule has 154 valence electrons. The van der Waals surface area contributed by atoms with Crippen LogP contribution in [-0.2, 0) is 21.2 Å². The minimum Gasteiger partial charge on any atom is -0.451 e. The van der Waals surface area contributed by atoms with E-state index < -0.39 is 22.1 Å². The lowest BCUT2D eigenvalue weighted by atomic mass is 10.0. The van der Waals surface area contributed by atoms with Gasteiger partial charge in [-0.15, -0.1) is 0 Å². The fourth-order valence-corrected chi connectivity index (χ4v) is 4.85. The summed E-state index contributed by atoms with van der Waals surface area (Å²) in [5.41, 5.74) is 1.68. The van der Waals surface area contributed by atoms with Gasteiger partial charge in [0, 0.05) is 18.7 Å². The van der Waals surface area contributed by atoms with Gasteiger partial charge in [0.2, 0.25) is 15.8 Å². The molecule has 0 bridgehead atoms. The summed E-state index contributed by atoms with van der Waals surface area (Å²) in [5.74, 6) is -1.03. The minimum absolute atomic E-state index is 0.0583. The third kappa shape index (κ3) is 4.74. The van der Waals surface area contributed by atoms with Crippen LogP contribution in [0.3, 0.4) is 0 Å². The summed E-state index contributed by atoms with van der Waals surface area (Å²) in [5, 5.41) is 0. The first-order valence-electron chi connectivity index (χ1n) is 9.77. The first-order chi connectivity index (χ1) is 13.8. The Morgan fingerprint density at radius 3 is 2.31 bits per heavy atom. The average Bonchev–Trinajstić information content (AvgIpc) is 3.29. The summed E-state index contributed by atoms with van der Waals surface area (Å²) in [6, 6.07) is 12.9. The molecule has 1 atom stereocenters. The Bertz CT molecular complexity index is 992. The minimum atomic E-state index is -3.63. The zero-order chi connectivity index (χ0) is 21.0. The maximum absolute atomic E-state index is 12.7. The smallest absolute Gasteiger partial charge is 0.338 e. The first-order valence-corrected chi connectivity index (χ1v) is 11.2. The monoisotopic (exact) mass is 415 g/mol. The van der Waals surface area contributed by atoms with Gasteiger partial charge in [-0.2, -0.15) is 4.31 Å². The standard InChI is InChI=1S/C22H25NO5S/c1-3-17-9-11-18(12-10-17)21(24)16(2)28-22(25)19-7-6-8-20(15-19)29(26,27)23-13-4-5-14-23/h6-12,15-16H,3-5,13-14H2,1-2H3. The van der Waals surface area contributed by atoms with Gasteiger partial charge in [0.05, 0.1) is 10.5 Å². The Morgan fingerprint density at radius 2 is 1.69 bits per heavy atom. The van der Waals surface area contributed by atoms with E-state index in [1.165, 1.54) is 35.5 Å². The molecule has 1 aliphatic rings. The Hall–Kier alpha value is -2.51. The Morgan fingerprint density at radius 1 is 1.03 bits per heavy atom. The number of carbonyl (C=O) groups excluding carboxylic acids is 2. The summed E-state index contributed by atoms with van der Waals surface area (Å²) in [4.78, 5) is 25.1. The van der Waals surface area contributed by atoms with Crippen molar-refractivity contribution in [2.45, 2.75) is 44.1 Å². The second-order valence-electron chi connectivity index (χ2n) is 7.10. The third-order valence-electron chi connectivity index (χ3n) is 5.07. The highest BCUT2D eigenvalue weighted by Crippen LogP contribution is 2.22. The zero-order valence-electron chi connectivity index (χ0n) is 16.6. The van der Waals surface area contributed by atoms with E-state index in [9.17, 15) is 18.0 Å². The summed E-state index contributed by atoms with van der Waals surface area (Å²) in [6.45, 7) is 4.51. The lowest BCUT2D eigenvalue weighted by molar-refractivity contribution is 0.0318. The number of ketones is 1. The van der Waals surface area contributed by atoms with Crippen LogP contribution >= 0.6 is 0 Å². The Labute approximate surface area is 171 Å². The van der Waals surface area contributed by atoms with E-state index in [1.54, 1.807) is 12.1 Å². The quantitative estimate of drug-likeness (QED) is 0.511. The van der Waals surface area contributed by atoms with Crippen LogP contribution in [0.15, 0.2) is 53.4 Å². The molecule has 1 aliphatic heterocycles. The summed E-state index contributed by atoms with van der Waals surface area (Å²) < 4.78 is 32.1. The zero-order valence-corrected chi connectivity index (χ0v) is 17.4. The van der Waals surface area contributed by atoms with Gasteiger partial charge in [-0.1, -0.05) is 37.3 Å². The van der Waals surface area contributed by atoms with Crippen LogP contribution in [0.1, 0.15) is 53.0 Å². The predicted octanol–water partition coefficient (Wildman–Crippen LogP) is 3.46. The van der Waals surface area contributed by atoms with Gasteiger partial charge >= 0.3 is 5.97 Å². The van der Waals surface area contributed by atoms with Crippen molar-refractivity contribution in [2.75, 3.05) is 13.1 Å². The van der Waals surface area contributed by atoms with Crippen molar-refractivity contribution < 1.29 is 22.7 Å². The van der Waals surface area contributed by atoms with Crippen LogP contribution < -0.4 is 0 Å². The van der Waals surface area contributed by atoms with E-state index in [0.29, 0.717) is 18.7 Å². The van der Waals surface area contributed by atoms with Crippen LogP contribution in [0.25, 0.3) is 0 Å². The van der Waals surface area contributed by atoms with Crippen LogP contribution in [-0.4, -0.2) is 43.7 Å². The number of benzene rings is 2. The van der Waals surface area contributed by atoms with Crippen molar-refractivity contribution in [3.05, 3.63) is 65.2 Å². The molecule has 2 aromatic carbocycles. The lowest BCUT2D eigenvalue weighted by Gasteiger charge is -2.16. The van der Waals surface area contributed by atoms with Crippen molar-refractivity contribution in [1.82, 2.24) is 4.31 Å². The van der Waals surface area contributed by atoms with Crippen LogP contribution in [0.2, 0.25) is 0 Å². The normalized spacial score (nSPS) is 15.8. The number of carbonyl (C=O) groups is 2. The molecule has 0 amide bonds. The number of hydrogen-bond donors (Lipinski definition) is 0. The molecule has 3 rings (SSSR count). The maximum Gasteiger partial charge on any atom is 0.338 e. The molecule has 0 aromatic heterocycles. The van der Waals surface area contributed by atoms with Gasteiger partial charge in [-0.3, -0.25) is 4.79 Å². The molecule has 6 nitrogen and oxygen atoms in total. The van der Waals surface area contributed by atoms with E-state index in [0.717, 1.165) is 24.8 Å². The number of hydrogen-bond acceptors (Lipinski definition) is 5. The molecule has 0 saturated carbocycles. The van der Waals surface area contributed by atoms with E-state index in [1.807, 2.05) is 19.1 Å². The number of nitrogens with zero attached hydrogens (tertiary/aromatic N) is 1. The van der Waals surface area contributed by atoms with Crippen LogP contribution in [0.4, 0.5) is 0 Å². The van der Waals surface area contributed by atoms with Crippen molar-refractivity contribution in [2.24, 2.45) is 0 Å². The van der Waals surface area contributed by atoms with Gasteiger partial charge in [-0.25, -0.2) is 13.2 Å². The number of ether oxygens (including phenoxy) is 1. The second kappa shape index (κ2) is 8.88. The highest BCUT2D eigenvalue weighted by Gasteiger charge is 2.28. The van der Waals surface area contributed by atoms with Gasteiger partial charge in [0.25, 0.3) is 0 Å². The molecule has 2 aromatic rings. The van der Waals surface area contributed by atoms with Crippen LogP contribution in [0, 0.1) is 0 Å². The highest BCUT2D eigenvalue weighted by atomic mass is 32.2. The predicted molar refractivity (Wildman–Crippen MR) is 109 cm³/mol. The Kier molecular flexibility index (Phi) is 6.49. The van der Waals surface area contributed by atoms with Crippen molar-refractivity contribution in [3.8, 4) is 0 Å². The van der Waals surface area contributed by atoms with Crippen molar-refractivity contribution >= 4 is 21.8 Å². The van der Waals surface area contributed by atoms with Gasteiger partial charge in [-0.05, 0) is 49.9 Å². The van der Waals surface area contributed by atoms with Crippen LogP contribution in [0.5, 0.6) is 0 Å². The fourth-order valence-electron chi connectivity index (χ4n) is 3.28. The molecular formula is C22H25NO5S. The molecule has 0 radical (unpaired) electrons. The third-order valence-corrected chi connectivity index (χ3v) is 6.97. The molecule has 1 unspecified atom stereocenters. The number of aryl methyl sites for hydroxylation is 1. The molecule has 7 heteroatoms. The summed E-state index contributed by atoms with van der Waals surface area (Å²) >= 11 is 0. The van der Waals surface area contributed by atoms with Gasteiger partial charge in [0.15, 0.2) is 6.10 Å². The SMILES string of the molecule is CCc1ccc(C(=O)C(C)OC(=O)c2cccc(S(=O)(=O)N3CCCC3)c2)cc1. The van der Waals surface area contributed by atoms with Crippen molar-refractivity contribution in [3.63, 3.8) is 0 Å². The molecule has 29 heavy (non-hydrogen) atoms. The van der Waals surface area contributed by atoms with E-state index in [-0.39, 0.29) is 16.2 Å². The molecule has 1 heterocycles. The first kappa shape index (κ1) is 21.2. The molecule has 0 spiro atoms. The topological polar surface area (TPSA) is 80.8 Å². The molecule has 0 N–H and O–H groups in total.